The zero-order valence-corrected chi connectivity index (χ0v) is 9.52. The molecule has 0 heterocycles. The molecule has 0 spiro atoms. The van der Waals surface area contributed by atoms with Crippen molar-refractivity contribution in [1.29, 1.82) is 0 Å². The standard InChI is InChI=1S/C13H19F/c1-5-13(4,6-2)12-10(3)8-7-9-11(12)14/h7-9H,5-6H2,1-4H3. The molecule has 0 saturated carbocycles. The molecule has 0 aliphatic carbocycles. The first-order valence-corrected chi connectivity index (χ1v) is 5.30. The lowest BCUT2D eigenvalue weighted by Crippen LogP contribution is -2.22. The molecule has 1 rings (SSSR count). The third-order valence-electron chi connectivity index (χ3n) is 3.39. The van der Waals surface area contributed by atoms with E-state index in [9.17, 15) is 4.39 Å². The van der Waals surface area contributed by atoms with Gasteiger partial charge in [-0.05, 0) is 42.4 Å². The topological polar surface area (TPSA) is 0 Å². The van der Waals surface area contributed by atoms with Crippen LogP contribution in [0.4, 0.5) is 4.39 Å². The Morgan fingerprint density at radius 1 is 1.21 bits per heavy atom. The minimum atomic E-state index is -0.0591. The molecule has 0 aliphatic rings. The Hall–Kier alpha value is -0.850. The van der Waals surface area contributed by atoms with Crippen LogP contribution in [-0.2, 0) is 5.41 Å². The summed E-state index contributed by atoms with van der Waals surface area (Å²) in [5, 5.41) is 0. The molecule has 1 aromatic rings. The maximum absolute atomic E-state index is 13.7. The van der Waals surface area contributed by atoms with Gasteiger partial charge in [0.05, 0.1) is 0 Å². The van der Waals surface area contributed by atoms with Crippen LogP contribution in [0.15, 0.2) is 18.2 Å². The van der Waals surface area contributed by atoms with Crippen LogP contribution in [0.25, 0.3) is 0 Å². The first kappa shape index (κ1) is 11.2. The third-order valence-corrected chi connectivity index (χ3v) is 3.39. The molecule has 0 aliphatic heterocycles. The van der Waals surface area contributed by atoms with E-state index in [2.05, 4.69) is 20.8 Å². The van der Waals surface area contributed by atoms with Crippen molar-refractivity contribution in [3.63, 3.8) is 0 Å². The predicted molar refractivity (Wildman–Crippen MR) is 59.1 cm³/mol. The van der Waals surface area contributed by atoms with Gasteiger partial charge in [-0.3, -0.25) is 0 Å². The molecule has 0 atom stereocenters. The predicted octanol–water partition coefficient (Wildman–Crippen LogP) is 4.21. The van der Waals surface area contributed by atoms with Crippen LogP contribution in [0, 0.1) is 12.7 Å². The van der Waals surface area contributed by atoms with E-state index in [1.165, 1.54) is 0 Å². The van der Waals surface area contributed by atoms with Crippen molar-refractivity contribution in [3.05, 3.63) is 35.1 Å². The fourth-order valence-corrected chi connectivity index (χ4v) is 2.00. The Kier molecular flexibility index (Phi) is 3.30. The van der Waals surface area contributed by atoms with Gasteiger partial charge in [-0.1, -0.05) is 32.9 Å². The van der Waals surface area contributed by atoms with E-state index in [1.54, 1.807) is 12.1 Å². The van der Waals surface area contributed by atoms with Gasteiger partial charge in [0.15, 0.2) is 0 Å². The minimum absolute atomic E-state index is 0.0184. The van der Waals surface area contributed by atoms with Gasteiger partial charge in [0.2, 0.25) is 0 Å². The zero-order valence-electron chi connectivity index (χ0n) is 9.52. The van der Waals surface area contributed by atoms with E-state index in [1.807, 2.05) is 13.0 Å². The molecule has 1 heteroatoms. The summed E-state index contributed by atoms with van der Waals surface area (Å²) in [6.07, 6.45) is 1.95. The van der Waals surface area contributed by atoms with Gasteiger partial charge in [-0.25, -0.2) is 4.39 Å². The Labute approximate surface area is 86.2 Å². The number of rotatable bonds is 3. The highest BCUT2D eigenvalue weighted by Crippen LogP contribution is 2.34. The largest absolute Gasteiger partial charge is 0.207 e. The second-order valence-corrected chi connectivity index (χ2v) is 4.20. The molecule has 78 valence electrons. The highest BCUT2D eigenvalue weighted by atomic mass is 19.1. The Bertz CT molecular complexity index is 291. The summed E-state index contributed by atoms with van der Waals surface area (Å²) in [7, 11) is 0. The molecular weight excluding hydrogens is 175 g/mol. The molecule has 0 radical (unpaired) electrons. The summed E-state index contributed by atoms with van der Waals surface area (Å²) in [5.41, 5.74) is 1.94. The van der Waals surface area contributed by atoms with Crippen LogP contribution < -0.4 is 0 Å². The molecule has 0 N–H and O–H groups in total. The van der Waals surface area contributed by atoms with Crippen LogP contribution in [-0.4, -0.2) is 0 Å². The quantitative estimate of drug-likeness (QED) is 0.676. The molecule has 0 amide bonds. The first-order chi connectivity index (χ1) is 6.55. The van der Waals surface area contributed by atoms with Crippen molar-refractivity contribution in [1.82, 2.24) is 0 Å². The van der Waals surface area contributed by atoms with Crippen LogP contribution >= 0.6 is 0 Å². The van der Waals surface area contributed by atoms with Gasteiger partial charge in [-0.15, -0.1) is 0 Å². The summed E-state index contributed by atoms with van der Waals surface area (Å²) in [4.78, 5) is 0. The van der Waals surface area contributed by atoms with E-state index in [0.717, 1.165) is 24.0 Å². The lowest BCUT2D eigenvalue weighted by atomic mass is 9.76. The Morgan fingerprint density at radius 3 is 2.21 bits per heavy atom. The fourth-order valence-electron chi connectivity index (χ4n) is 2.00. The Morgan fingerprint density at radius 2 is 1.79 bits per heavy atom. The van der Waals surface area contributed by atoms with E-state index < -0.39 is 0 Å². The average Bonchev–Trinajstić information content (AvgIpc) is 2.17. The average molecular weight is 194 g/mol. The number of benzene rings is 1. The van der Waals surface area contributed by atoms with Gasteiger partial charge in [0, 0.05) is 0 Å². The van der Waals surface area contributed by atoms with E-state index in [-0.39, 0.29) is 11.2 Å². The van der Waals surface area contributed by atoms with E-state index in [0.29, 0.717) is 0 Å². The molecule has 14 heavy (non-hydrogen) atoms. The lowest BCUT2D eigenvalue weighted by Gasteiger charge is -2.29. The van der Waals surface area contributed by atoms with Gasteiger partial charge in [0.1, 0.15) is 5.82 Å². The molecular formula is C13H19F. The summed E-state index contributed by atoms with van der Waals surface area (Å²) < 4.78 is 13.7. The molecule has 0 unspecified atom stereocenters. The van der Waals surface area contributed by atoms with Gasteiger partial charge in [0.25, 0.3) is 0 Å². The van der Waals surface area contributed by atoms with Gasteiger partial charge < -0.3 is 0 Å². The maximum atomic E-state index is 13.7. The highest BCUT2D eigenvalue weighted by molar-refractivity contribution is 5.34. The smallest absolute Gasteiger partial charge is 0.127 e. The molecule has 0 fully saturated rings. The van der Waals surface area contributed by atoms with Crippen molar-refractivity contribution in [2.75, 3.05) is 0 Å². The van der Waals surface area contributed by atoms with Crippen molar-refractivity contribution < 1.29 is 4.39 Å². The zero-order chi connectivity index (χ0) is 10.8. The Balaban J connectivity index is 3.29. The number of hydrogen-bond acceptors (Lipinski definition) is 0. The maximum Gasteiger partial charge on any atom is 0.127 e. The SMILES string of the molecule is CCC(C)(CC)c1c(C)cccc1F. The van der Waals surface area contributed by atoms with E-state index in [4.69, 9.17) is 0 Å². The summed E-state index contributed by atoms with van der Waals surface area (Å²) in [6, 6.07) is 5.33. The lowest BCUT2D eigenvalue weighted by molar-refractivity contribution is 0.412. The third kappa shape index (κ3) is 1.82. The van der Waals surface area contributed by atoms with Crippen LogP contribution in [0.2, 0.25) is 0 Å². The van der Waals surface area contributed by atoms with Crippen molar-refractivity contribution in [2.24, 2.45) is 0 Å². The molecule has 0 bridgehead atoms. The summed E-state index contributed by atoms with van der Waals surface area (Å²) >= 11 is 0. The minimum Gasteiger partial charge on any atom is -0.207 e. The summed E-state index contributed by atoms with van der Waals surface area (Å²) in [5.74, 6) is -0.0591. The molecule has 0 saturated heterocycles. The molecule has 1 aromatic carbocycles. The van der Waals surface area contributed by atoms with Gasteiger partial charge in [-0.2, -0.15) is 0 Å². The number of halogens is 1. The highest BCUT2D eigenvalue weighted by Gasteiger charge is 2.26. The van der Waals surface area contributed by atoms with Crippen molar-refractivity contribution in [2.45, 2.75) is 46.0 Å². The molecule has 0 nitrogen and oxygen atoms in total. The van der Waals surface area contributed by atoms with E-state index >= 15 is 0 Å². The normalized spacial score (nSPS) is 11.8. The van der Waals surface area contributed by atoms with Gasteiger partial charge >= 0.3 is 0 Å². The number of aryl methyl sites for hydroxylation is 1. The monoisotopic (exact) mass is 194 g/mol. The molecule has 0 aromatic heterocycles. The first-order valence-electron chi connectivity index (χ1n) is 5.30. The fraction of sp³-hybridized carbons (Fsp3) is 0.538. The second-order valence-electron chi connectivity index (χ2n) is 4.20. The van der Waals surface area contributed by atoms with Crippen molar-refractivity contribution >= 4 is 0 Å². The summed E-state index contributed by atoms with van der Waals surface area (Å²) in [6.45, 7) is 8.37. The van der Waals surface area contributed by atoms with Crippen LogP contribution in [0.3, 0.4) is 0 Å². The second kappa shape index (κ2) is 4.12. The van der Waals surface area contributed by atoms with Crippen molar-refractivity contribution in [3.8, 4) is 0 Å². The number of hydrogen-bond donors (Lipinski definition) is 0. The van der Waals surface area contributed by atoms with Crippen LogP contribution in [0.1, 0.15) is 44.7 Å². The van der Waals surface area contributed by atoms with Crippen LogP contribution in [0.5, 0.6) is 0 Å².